The zero-order valence-corrected chi connectivity index (χ0v) is 16.7. The van der Waals surface area contributed by atoms with Crippen LogP contribution in [0.3, 0.4) is 0 Å². The highest BCUT2D eigenvalue weighted by Gasteiger charge is 2.27. The van der Waals surface area contributed by atoms with Crippen LogP contribution in [0.2, 0.25) is 0 Å². The second-order valence-electron chi connectivity index (χ2n) is 6.66. The first-order chi connectivity index (χ1) is 12.0. The molecule has 1 N–H and O–H groups in total. The lowest BCUT2D eigenvalue weighted by molar-refractivity contribution is 0.242. The number of H-pyrrole nitrogens is 1. The number of likely N-dealkylation sites (tertiary alicyclic amines) is 1. The Labute approximate surface area is 159 Å². The first-order valence-electron chi connectivity index (χ1n) is 8.51. The Morgan fingerprint density at radius 3 is 3.04 bits per heavy atom. The molecule has 2 aromatic heterocycles. The van der Waals surface area contributed by atoms with Crippen molar-refractivity contribution < 1.29 is 0 Å². The Kier molecular flexibility index (Phi) is 4.52. The third kappa shape index (κ3) is 3.18. The van der Waals surface area contributed by atoms with Gasteiger partial charge in [0.05, 0.1) is 11.9 Å². The van der Waals surface area contributed by atoms with E-state index in [1.165, 1.54) is 16.9 Å². The van der Waals surface area contributed by atoms with E-state index in [1.807, 2.05) is 13.8 Å². The lowest BCUT2D eigenvalue weighted by atomic mass is 10.0. The van der Waals surface area contributed by atoms with Crippen molar-refractivity contribution in [3.63, 3.8) is 0 Å². The molecule has 1 aliphatic heterocycles. The molecule has 1 aromatic carbocycles. The third-order valence-electron chi connectivity index (χ3n) is 5.04. The normalized spacial score (nSPS) is 18.3. The molecule has 1 aliphatic rings. The van der Waals surface area contributed by atoms with Gasteiger partial charge in [0, 0.05) is 15.4 Å². The second kappa shape index (κ2) is 6.67. The molecule has 25 heavy (non-hydrogen) atoms. The third-order valence-corrected chi connectivity index (χ3v) is 6.63. The Morgan fingerprint density at radius 1 is 1.40 bits per heavy atom. The van der Waals surface area contributed by atoms with Crippen LogP contribution in [0.15, 0.2) is 33.5 Å². The fourth-order valence-electron chi connectivity index (χ4n) is 3.67. The van der Waals surface area contributed by atoms with Gasteiger partial charge in [0.1, 0.15) is 10.7 Å². The summed E-state index contributed by atoms with van der Waals surface area (Å²) in [5.41, 5.74) is 2.35. The van der Waals surface area contributed by atoms with Crippen molar-refractivity contribution in [3.05, 3.63) is 60.9 Å². The highest BCUT2D eigenvalue weighted by Crippen LogP contribution is 2.34. The van der Waals surface area contributed by atoms with Crippen LogP contribution in [-0.2, 0) is 6.54 Å². The molecule has 0 unspecified atom stereocenters. The number of rotatable bonds is 3. The maximum atomic E-state index is 12.5. The summed E-state index contributed by atoms with van der Waals surface area (Å²) in [5, 5.41) is 0.746. The van der Waals surface area contributed by atoms with Crippen LogP contribution >= 0.6 is 27.3 Å². The van der Waals surface area contributed by atoms with Gasteiger partial charge in [0.25, 0.3) is 5.56 Å². The van der Waals surface area contributed by atoms with Gasteiger partial charge in [-0.2, -0.15) is 0 Å². The minimum atomic E-state index is -0.0138. The molecule has 130 valence electrons. The number of aromatic amines is 1. The summed E-state index contributed by atoms with van der Waals surface area (Å²) in [6.45, 7) is 5.75. The van der Waals surface area contributed by atoms with E-state index in [9.17, 15) is 4.79 Å². The van der Waals surface area contributed by atoms with Crippen LogP contribution in [0.4, 0.5) is 0 Å². The maximum absolute atomic E-state index is 12.5. The van der Waals surface area contributed by atoms with Gasteiger partial charge in [-0.05, 0) is 56.5 Å². The van der Waals surface area contributed by atoms with Gasteiger partial charge in [0.2, 0.25) is 0 Å². The van der Waals surface area contributed by atoms with E-state index in [0.29, 0.717) is 12.6 Å². The molecule has 4 rings (SSSR count). The average molecular weight is 418 g/mol. The van der Waals surface area contributed by atoms with E-state index < -0.39 is 0 Å². The summed E-state index contributed by atoms with van der Waals surface area (Å²) in [6, 6.07) is 8.88. The van der Waals surface area contributed by atoms with Crippen molar-refractivity contribution >= 4 is 37.5 Å². The number of fused-ring (bicyclic) bond motifs is 1. The molecule has 0 saturated carbocycles. The van der Waals surface area contributed by atoms with E-state index in [0.717, 1.165) is 39.0 Å². The van der Waals surface area contributed by atoms with Crippen LogP contribution in [0.1, 0.15) is 40.7 Å². The van der Waals surface area contributed by atoms with E-state index in [-0.39, 0.29) is 5.56 Å². The quantitative estimate of drug-likeness (QED) is 0.671. The van der Waals surface area contributed by atoms with Gasteiger partial charge in [0.15, 0.2) is 0 Å². The number of nitrogens with zero attached hydrogens (tertiary/aromatic N) is 2. The van der Waals surface area contributed by atoms with Crippen molar-refractivity contribution in [2.45, 2.75) is 39.3 Å². The van der Waals surface area contributed by atoms with Crippen LogP contribution in [0, 0.1) is 13.8 Å². The summed E-state index contributed by atoms with van der Waals surface area (Å²) in [6.07, 6.45) is 2.31. The van der Waals surface area contributed by atoms with E-state index >= 15 is 0 Å². The Hall–Kier alpha value is -1.50. The van der Waals surface area contributed by atoms with Crippen molar-refractivity contribution in [2.75, 3.05) is 6.54 Å². The van der Waals surface area contributed by atoms with Crippen LogP contribution in [-0.4, -0.2) is 21.4 Å². The molecule has 4 nitrogen and oxygen atoms in total. The maximum Gasteiger partial charge on any atom is 0.259 e. The van der Waals surface area contributed by atoms with Gasteiger partial charge >= 0.3 is 0 Å². The predicted octanol–water partition coefficient (Wildman–Crippen LogP) is 4.70. The molecule has 3 heterocycles. The zero-order chi connectivity index (χ0) is 17.6. The molecule has 0 spiro atoms. The van der Waals surface area contributed by atoms with Gasteiger partial charge in [-0.15, -0.1) is 11.3 Å². The molecule has 0 bridgehead atoms. The van der Waals surface area contributed by atoms with Gasteiger partial charge in [-0.3, -0.25) is 9.69 Å². The monoisotopic (exact) mass is 417 g/mol. The Balaban J connectivity index is 1.65. The van der Waals surface area contributed by atoms with E-state index in [1.54, 1.807) is 11.3 Å². The lowest BCUT2D eigenvalue weighted by Gasteiger charge is -2.24. The molecular formula is C19H20BrN3OS. The Bertz CT molecular complexity index is 994. The van der Waals surface area contributed by atoms with Crippen molar-refractivity contribution in [2.24, 2.45) is 0 Å². The molecule has 0 radical (unpaired) electrons. The highest BCUT2D eigenvalue weighted by molar-refractivity contribution is 9.10. The molecule has 0 amide bonds. The summed E-state index contributed by atoms with van der Waals surface area (Å²) in [4.78, 5) is 24.7. The number of nitrogens with one attached hydrogen (secondary N) is 1. The van der Waals surface area contributed by atoms with Crippen molar-refractivity contribution in [1.82, 2.24) is 14.9 Å². The first kappa shape index (κ1) is 16.9. The molecule has 1 saturated heterocycles. The standard InChI is InChI=1S/C19H20BrN3OS/c1-11-12(2)25-19-17(11)18(24)21-16(22-19)10-23-8-4-7-15(23)13-5-3-6-14(20)9-13/h3,5-6,9,15H,4,7-8,10H2,1-2H3,(H,21,22,24)/t15-/m0/s1. The number of benzene rings is 1. The minimum Gasteiger partial charge on any atom is -0.309 e. The molecule has 1 atom stereocenters. The van der Waals surface area contributed by atoms with Gasteiger partial charge < -0.3 is 4.98 Å². The number of thiophene rings is 1. The number of hydrogen-bond donors (Lipinski definition) is 1. The zero-order valence-electron chi connectivity index (χ0n) is 14.3. The lowest BCUT2D eigenvalue weighted by Crippen LogP contribution is -2.25. The van der Waals surface area contributed by atoms with E-state index in [4.69, 9.17) is 4.98 Å². The molecule has 0 aliphatic carbocycles. The molecular weight excluding hydrogens is 398 g/mol. The van der Waals surface area contributed by atoms with Crippen LogP contribution < -0.4 is 5.56 Å². The number of hydrogen-bond acceptors (Lipinski definition) is 4. The SMILES string of the molecule is Cc1sc2nc(CN3CCC[C@H]3c3cccc(Br)c3)[nH]c(=O)c2c1C. The summed E-state index contributed by atoms with van der Waals surface area (Å²) in [5.74, 6) is 0.764. The highest BCUT2D eigenvalue weighted by atomic mass is 79.9. The molecule has 6 heteroatoms. The Morgan fingerprint density at radius 2 is 2.24 bits per heavy atom. The number of aromatic nitrogens is 2. The summed E-state index contributed by atoms with van der Waals surface area (Å²) >= 11 is 5.17. The topological polar surface area (TPSA) is 49.0 Å². The predicted molar refractivity (Wildman–Crippen MR) is 106 cm³/mol. The summed E-state index contributed by atoms with van der Waals surface area (Å²) < 4.78 is 1.11. The largest absolute Gasteiger partial charge is 0.309 e. The summed E-state index contributed by atoms with van der Waals surface area (Å²) in [7, 11) is 0. The fraction of sp³-hybridized carbons (Fsp3) is 0.368. The fourth-order valence-corrected chi connectivity index (χ4v) is 5.14. The second-order valence-corrected chi connectivity index (χ2v) is 8.78. The first-order valence-corrected chi connectivity index (χ1v) is 10.1. The van der Waals surface area contributed by atoms with Crippen molar-refractivity contribution in [3.8, 4) is 0 Å². The van der Waals surface area contributed by atoms with Crippen LogP contribution in [0.5, 0.6) is 0 Å². The molecule has 1 fully saturated rings. The van der Waals surface area contributed by atoms with Gasteiger partial charge in [-0.1, -0.05) is 28.1 Å². The van der Waals surface area contributed by atoms with E-state index in [2.05, 4.69) is 50.1 Å². The molecule has 3 aromatic rings. The average Bonchev–Trinajstić information content (AvgIpc) is 3.13. The van der Waals surface area contributed by atoms with Crippen LogP contribution in [0.25, 0.3) is 10.2 Å². The number of aryl methyl sites for hydroxylation is 2. The smallest absolute Gasteiger partial charge is 0.259 e. The minimum absolute atomic E-state index is 0.0138. The van der Waals surface area contributed by atoms with Gasteiger partial charge in [-0.25, -0.2) is 4.98 Å². The number of halogens is 1. The van der Waals surface area contributed by atoms with Crippen molar-refractivity contribution in [1.29, 1.82) is 0 Å².